The molecule has 0 amide bonds. The van der Waals surface area contributed by atoms with Crippen LogP contribution in [0.3, 0.4) is 0 Å². The van der Waals surface area contributed by atoms with E-state index in [9.17, 15) is 0 Å². The maximum absolute atomic E-state index is 9.10. The van der Waals surface area contributed by atoms with Crippen LogP contribution in [0.15, 0.2) is 0 Å². The average Bonchev–Trinajstić information content (AvgIpc) is 2.49. The first-order valence-electron chi connectivity index (χ1n) is 9.29. The highest BCUT2D eigenvalue weighted by molar-refractivity contribution is 4.90. The Labute approximate surface area is 131 Å². The third-order valence-corrected chi connectivity index (χ3v) is 6.87. The SMILES string of the molecule is CC(C)(C1CCC(CCO)CC1)C1CCC(CCO)CC1. The molecule has 0 aromatic rings. The number of rotatable bonds is 6. The van der Waals surface area contributed by atoms with Crippen molar-refractivity contribution in [3.8, 4) is 0 Å². The normalized spacial score (nSPS) is 34.9. The zero-order valence-electron chi connectivity index (χ0n) is 14.2. The summed E-state index contributed by atoms with van der Waals surface area (Å²) in [6.07, 6.45) is 12.8. The van der Waals surface area contributed by atoms with Crippen LogP contribution >= 0.6 is 0 Å². The molecular weight excluding hydrogens is 260 g/mol. The van der Waals surface area contributed by atoms with E-state index in [0.29, 0.717) is 18.6 Å². The molecule has 0 heterocycles. The van der Waals surface area contributed by atoms with E-state index in [-0.39, 0.29) is 0 Å². The summed E-state index contributed by atoms with van der Waals surface area (Å²) in [6.45, 7) is 5.77. The molecule has 0 radical (unpaired) electrons. The highest BCUT2D eigenvalue weighted by Gasteiger charge is 2.40. The fourth-order valence-corrected chi connectivity index (χ4v) is 5.09. The highest BCUT2D eigenvalue weighted by Crippen LogP contribution is 2.50. The number of hydrogen-bond donors (Lipinski definition) is 2. The number of hydrogen-bond acceptors (Lipinski definition) is 2. The Morgan fingerprint density at radius 2 is 1.00 bits per heavy atom. The molecule has 2 rings (SSSR count). The Bertz CT molecular complexity index is 256. The van der Waals surface area contributed by atoms with E-state index < -0.39 is 0 Å². The van der Waals surface area contributed by atoms with Gasteiger partial charge in [-0.3, -0.25) is 0 Å². The first kappa shape index (κ1) is 17.3. The molecular formula is C19H36O2. The summed E-state index contributed by atoms with van der Waals surface area (Å²) < 4.78 is 0. The zero-order valence-corrected chi connectivity index (χ0v) is 14.2. The first-order valence-corrected chi connectivity index (χ1v) is 9.29. The third-order valence-electron chi connectivity index (χ3n) is 6.87. The molecule has 0 aromatic carbocycles. The summed E-state index contributed by atoms with van der Waals surface area (Å²) in [5.41, 5.74) is 0.481. The Morgan fingerprint density at radius 3 is 1.29 bits per heavy atom. The molecule has 2 heteroatoms. The second-order valence-corrected chi connectivity index (χ2v) is 8.28. The Kier molecular flexibility index (Phi) is 6.55. The summed E-state index contributed by atoms with van der Waals surface area (Å²) in [7, 11) is 0. The molecule has 0 spiro atoms. The topological polar surface area (TPSA) is 40.5 Å². The second-order valence-electron chi connectivity index (χ2n) is 8.28. The second kappa shape index (κ2) is 7.97. The van der Waals surface area contributed by atoms with Crippen molar-refractivity contribution in [3.63, 3.8) is 0 Å². The van der Waals surface area contributed by atoms with Crippen molar-refractivity contribution in [2.75, 3.05) is 13.2 Å². The van der Waals surface area contributed by atoms with Crippen LogP contribution < -0.4 is 0 Å². The summed E-state index contributed by atoms with van der Waals surface area (Å²) in [4.78, 5) is 0. The van der Waals surface area contributed by atoms with Crippen molar-refractivity contribution in [1.82, 2.24) is 0 Å². The van der Waals surface area contributed by atoms with Gasteiger partial charge in [0.15, 0.2) is 0 Å². The van der Waals surface area contributed by atoms with E-state index in [2.05, 4.69) is 13.8 Å². The molecule has 0 unspecified atom stereocenters. The van der Waals surface area contributed by atoms with Crippen LogP contribution in [0.5, 0.6) is 0 Å². The van der Waals surface area contributed by atoms with Crippen molar-refractivity contribution in [2.24, 2.45) is 29.1 Å². The molecule has 0 aromatic heterocycles. The lowest BCUT2D eigenvalue weighted by atomic mass is 9.59. The van der Waals surface area contributed by atoms with Gasteiger partial charge in [0.05, 0.1) is 0 Å². The molecule has 2 fully saturated rings. The Balaban J connectivity index is 1.82. The standard InChI is InChI=1S/C19H36O2/c1-19(2,17-7-3-15(4-8-17)11-13-20)18-9-5-16(6-10-18)12-14-21/h15-18,20-21H,3-14H2,1-2H3. The first-order chi connectivity index (χ1) is 10.1. The maximum atomic E-state index is 9.10. The van der Waals surface area contributed by atoms with Crippen LogP contribution in [0.4, 0.5) is 0 Å². The van der Waals surface area contributed by atoms with E-state index in [1.807, 2.05) is 0 Å². The van der Waals surface area contributed by atoms with Gasteiger partial charge in [-0.05, 0) is 67.6 Å². The Hall–Kier alpha value is -0.0800. The van der Waals surface area contributed by atoms with Crippen LogP contribution in [-0.2, 0) is 0 Å². The maximum Gasteiger partial charge on any atom is 0.0433 e. The van der Waals surface area contributed by atoms with Crippen LogP contribution in [0, 0.1) is 29.1 Å². The molecule has 2 nitrogen and oxygen atoms in total. The van der Waals surface area contributed by atoms with Gasteiger partial charge in [0.25, 0.3) is 0 Å². The summed E-state index contributed by atoms with van der Waals surface area (Å²) in [5.74, 6) is 3.32. The monoisotopic (exact) mass is 296 g/mol. The number of aliphatic hydroxyl groups excluding tert-OH is 2. The summed E-state index contributed by atoms with van der Waals surface area (Å²) in [6, 6.07) is 0. The van der Waals surface area contributed by atoms with E-state index in [1.165, 1.54) is 51.4 Å². The smallest absolute Gasteiger partial charge is 0.0433 e. The van der Waals surface area contributed by atoms with Gasteiger partial charge in [-0.15, -0.1) is 0 Å². The lowest BCUT2D eigenvalue weighted by molar-refractivity contribution is 0.0337. The highest BCUT2D eigenvalue weighted by atomic mass is 16.3. The van der Waals surface area contributed by atoms with Gasteiger partial charge >= 0.3 is 0 Å². The van der Waals surface area contributed by atoms with Gasteiger partial charge in [-0.1, -0.05) is 39.5 Å². The Morgan fingerprint density at radius 1 is 0.667 bits per heavy atom. The number of aliphatic hydroxyl groups is 2. The van der Waals surface area contributed by atoms with Crippen molar-refractivity contribution < 1.29 is 10.2 Å². The van der Waals surface area contributed by atoms with Crippen molar-refractivity contribution in [1.29, 1.82) is 0 Å². The molecule has 2 aliphatic rings. The van der Waals surface area contributed by atoms with Gasteiger partial charge in [0.2, 0.25) is 0 Å². The van der Waals surface area contributed by atoms with Crippen molar-refractivity contribution in [2.45, 2.75) is 78.1 Å². The van der Waals surface area contributed by atoms with Crippen LogP contribution in [0.1, 0.15) is 78.1 Å². The predicted molar refractivity (Wildman–Crippen MR) is 88.1 cm³/mol. The minimum absolute atomic E-state index is 0.369. The minimum atomic E-state index is 0.369. The van der Waals surface area contributed by atoms with E-state index >= 15 is 0 Å². The lowest BCUT2D eigenvalue weighted by Crippen LogP contribution is -2.37. The summed E-state index contributed by atoms with van der Waals surface area (Å²) >= 11 is 0. The van der Waals surface area contributed by atoms with Gasteiger partial charge in [0.1, 0.15) is 0 Å². The minimum Gasteiger partial charge on any atom is -0.396 e. The van der Waals surface area contributed by atoms with Gasteiger partial charge < -0.3 is 10.2 Å². The van der Waals surface area contributed by atoms with Crippen LogP contribution in [0.2, 0.25) is 0 Å². The van der Waals surface area contributed by atoms with E-state index in [1.54, 1.807) is 0 Å². The molecule has 2 aliphatic carbocycles. The van der Waals surface area contributed by atoms with E-state index in [0.717, 1.165) is 36.5 Å². The molecule has 0 saturated heterocycles. The molecule has 124 valence electrons. The van der Waals surface area contributed by atoms with Crippen molar-refractivity contribution in [3.05, 3.63) is 0 Å². The van der Waals surface area contributed by atoms with Gasteiger partial charge in [-0.25, -0.2) is 0 Å². The third kappa shape index (κ3) is 4.45. The molecule has 2 saturated carbocycles. The average molecular weight is 296 g/mol. The fourth-order valence-electron chi connectivity index (χ4n) is 5.09. The van der Waals surface area contributed by atoms with Gasteiger partial charge in [0, 0.05) is 13.2 Å². The van der Waals surface area contributed by atoms with Crippen LogP contribution in [0.25, 0.3) is 0 Å². The molecule has 0 bridgehead atoms. The molecule has 0 atom stereocenters. The quantitative estimate of drug-likeness (QED) is 0.763. The molecule has 21 heavy (non-hydrogen) atoms. The van der Waals surface area contributed by atoms with Crippen LogP contribution in [-0.4, -0.2) is 23.4 Å². The largest absolute Gasteiger partial charge is 0.396 e. The fraction of sp³-hybridized carbons (Fsp3) is 1.00. The summed E-state index contributed by atoms with van der Waals surface area (Å²) in [5, 5.41) is 18.2. The lowest BCUT2D eigenvalue weighted by Gasteiger charge is -2.47. The zero-order chi connectivity index (χ0) is 15.3. The molecule has 2 N–H and O–H groups in total. The van der Waals surface area contributed by atoms with Crippen molar-refractivity contribution >= 4 is 0 Å². The van der Waals surface area contributed by atoms with E-state index in [4.69, 9.17) is 10.2 Å². The molecule has 0 aliphatic heterocycles. The predicted octanol–water partition coefficient (Wildman–Crippen LogP) is 4.39. The van der Waals surface area contributed by atoms with Gasteiger partial charge in [-0.2, -0.15) is 0 Å².